The Balaban J connectivity index is 1.34. The molecular formula is C48H54N10O10. The number of rotatable bonds is 24. The fraction of sp³-hybridized carbons (Fsp3) is 0.292. The number of H-pyrrole nitrogens is 1. The molecule has 6 amide bonds. The highest BCUT2D eigenvalue weighted by Crippen LogP contribution is 2.15. The van der Waals surface area contributed by atoms with Crippen molar-refractivity contribution >= 4 is 47.1 Å². The van der Waals surface area contributed by atoms with Crippen molar-refractivity contribution in [3.63, 3.8) is 0 Å². The number of nitro groups is 1. The van der Waals surface area contributed by atoms with Crippen LogP contribution in [0.2, 0.25) is 0 Å². The molecule has 356 valence electrons. The number of nitrogens with two attached hydrogens (primary N) is 1. The Morgan fingerprint density at radius 3 is 1.54 bits per heavy atom. The number of esters is 1. The number of aromatic amines is 1. The second-order valence-corrected chi connectivity index (χ2v) is 15.9. The van der Waals surface area contributed by atoms with E-state index >= 15 is 0 Å². The topological polar surface area (TPSA) is 299 Å². The second kappa shape index (κ2) is 25.4. The smallest absolute Gasteiger partial charge is 0.328 e. The van der Waals surface area contributed by atoms with Gasteiger partial charge >= 0.3 is 5.97 Å². The molecule has 1 aromatic heterocycles. The lowest BCUT2D eigenvalue weighted by Gasteiger charge is -2.26. The molecule has 0 aliphatic heterocycles. The summed E-state index contributed by atoms with van der Waals surface area (Å²) in [6, 6.07) is 24.6. The van der Waals surface area contributed by atoms with Gasteiger partial charge in [-0.25, -0.2) is 9.78 Å². The van der Waals surface area contributed by atoms with Crippen LogP contribution in [0.15, 0.2) is 128 Å². The lowest BCUT2D eigenvalue weighted by molar-refractivity contribution is -0.384. The quantitative estimate of drug-likeness (QED) is 0.0243. The Morgan fingerprint density at radius 1 is 0.603 bits per heavy atom. The Morgan fingerprint density at radius 2 is 1.06 bits per heavy atom. The third-order valence-electron chi connectivity index (χ3n) is 10.7. The van der Waals surface area contributed by atoms with E-state index < -0.39 is 89.1 Å². The molecule has 5 aromatic rings. The number of methoxy groups -OCH3 is 1. The first-order chi connectivity index (χ1) is 32.7. The number of benzene rings is 4. The van der Waals surface area contributed by atoms with Crippen LogP contribution in [0.3, 0.4) is 0 Å². The Kier molecular flexibility index (Phi) is 19.0. The molecule has 9 N–H and O–H groups in total. The summed E-state index contributed by atoms with van der Waals surface area (Å²) in [6.45, 7) is 0.867. The highest BCUT2D eigenvalue weighted by atomic mass is 16.6. The van der Waals surface area contributed by atoms with E-state index in [0.29, 0.717) is 16.8 Å². The first kappa shape index (κ1) is 50.7. The number of imidazole rings is 1. The predicted molar refractivity (Wildman–Crippen MR) is 248 cm³/mol. The highest BCUT2D eigenvalue weighted by Gasteiger charge is 2.33. The standard InChI is InChI=1S/C48H54N10O10/c1-30(43(60)57-41(48(65)68-2)25-33-16-10-5-11-17-33)53-45(62)38(23-32-14-8-4-9-15-32)55-46(63)39(24-34-18-20-36(21-19-34)58(66)67)56-47(64)40(26-35-27-50-29-52-35)54-42(59)28-51-44(61)37(49)22-31-12-6-3-7-13-31/h3-21,27,29-30,37-41H,22-26,28,49H2,1-2H3,(H,50,52)(H,51,61)(H,53,62)(H,54,59)(H,55,63)(H,56,64)(H,57,60)/t30-,37-,38-,39-,40-,41-/m0/s1. The summed E-state index contributed by atoms with van der Waals surface area (Å²) in [6.07, 6.45) is 2.70. The van der Waals surface area contributed by atoms with Gasteiger partial charge < -0.3 is 47.4 Å². The summed E-state index contributed by atoms with van der Waals surface area (Å²) in [7, 11) is 1.19. The normalized spacial score (nSPS) is 13.5. The molecule has 0 fully saturated rings. The summed E-state index contributed by atoms with van der Waals surface area (Å²) in [5.41, 5.74) is 8.89. The van der Waals surface area contributed by atoms with Gasteiger partial charge in [0.15, 0.2) is 0 Å². The molecule has 20 heteroatoms. The van der Waals surface area contributed by atoms with Crippen LogP contribution in [0, 0.1) is 10.1 Å². The van der Waals surface area contributed by atoms with E-state index in [2.05, 4.69) is 41.9 Å². The average Bonchev–Trinajstić information content (AvgIpc) is 3.86. The van der Waals surface area contributed by atoms with Gasteiger partial charge in [-0.05, 0) is 35.6 Å². The minimum Gasteiger partial charge on any atom is -0.467 e. The number of carbonyl (C=O) groups excluding carboxylic acids is 7. The molecule has 0 unspecified atom stereocenters. The maximum Gasteiger partial charge on any atom is 0.328 e. The highest BCUT2D eigenvalue weighted by molar-refractivity contribution is 5.97. The zero-order valence-corrected chi connectivity index (χ0v) is 37.4. The van der Waals surface area contributed by atoms with Gasteiger partial charge in [0.1, 0.15) is 30.2 Å². The molecule has 1 heterocycles. The number of hydrogen-bond donors (Lipinski definition) is 8. The van der Waals surface area contributed by atoms with E-state index in [-0.39, 0.29) is 37.8 Å². The lowest BCUT2D eigenvalue weighted by Crippen LogP contribution is -2.60. The van der Waals surface area contributed by atoms with Gasteiger partial charge in [0, 0.05) is 49.7 Å². The van der Waals surface area contributed by atoms with Crippen LogP contribution in [0.1, 0.15) is 34.9 Å². The van der Waals surface area contributed by atoms with Crippen LogP contribution in [0.25, 0.3) is 0 Å². The first-order valence-electron chi connectivity index (χ1n) is 21.6. The molecule has 4 aromatic carbocycles. The zero-order valence-electron chi connectivity index (χ0n) is 37.4. The van der Waals surface area contributed by atoms with Crippen molar-refractivity contribution in [2.24, 2.45) is 5.73 Å². The number of amides is 6. The number of ether oxygens (including phenoxy) is 1. The van der Waals surface area contributed by atoms with E-state index in [9.17, 15) is 43.7 Å². The molecule has 0 aliphatic carbocycles. The maximum atomic E-state index is 14.4. The largest absolute Gasteiger partial charge is 0.467 e. The van der Waals surface area contributed by atoms with E-state index in [0.717, 1.165) is 11.1 Å². The molecule has 0 radical (unpaired) electrons. The van der Waals surface area contributed by atoms with Gasteiger partial charge in [-0.3, -0.25) is 38.9 Å². The van der Waals surface area contributed by atoms with E-state index in [1.807, 2.05) is 18.2 Å². The number of non-ortho nitro benzene ring substituents is 1. The van der Waals surface area contributed by atoms with Crippen molar-refractivity contribution in [1.29, 1.82) is 0 Å². The summed E-state index contributed by atoms with van der Waals surface area (Å²) in [5.74, 6) is -5.24. The monoisotopic (exact) mass is 930 g/mol. The number of carbonyl (C=O) groups is 7. The third kappa shape index (κ3) is 16.0. The Hall–Kier alpha value is -8.26. The Labute approximate surface area is 391 Å². The molecule has 0 aliphatic rings. The minimum absolute atomic E-state index is 0.0665. The van der Waals surface area contributed by atoms with Crippen molar-refractivity contribution in [3.05, 3.63) is 166 Å². The van der Waals surface area contributed by atoms with E-state index in [1.54, 1.807) is 72.8 Å². The summed E-state index contributed by atoms with van der Waals surface area (Å²) >= 11 is 0. The minimum atomic E-state index is -1.45. The number of aromatic nitrogens is 2. The SMILES string of the molecule is COC(=O)[C@H](Cc1ccccc1)NC(=O)[C@H](C)NC(=O)[C@H](Cc1ccccc1)NC(=O)[C@H](Cc1ccc([N+](=O)[O-])cc1)NC(=O)[C@H](Cc1cnc[nH]1)NC(=O)CNC(=O)[C@@H](N)Cc1ccccc1. The van der Waals surface area contributed by atoms with Gasteiger partial charge in [-0.1, -0.05) is 103 Å². The van der Waals surface area contributed by atoms with Crippen LogP contribution >= 0.6 is 0 Å². The molecule has 5 rings (SSSR count). The fourth-order valence-electron chi connectivity index (χ4n) is 6.99. The molecular weight excluding hydrogens is 877 g/mol. The van der Waals surface area contributed by atoms with Crippen LogP contribution < -0.4 is 37.6 Å². The molecule has 0 saturated heterocycles. The third-order valence-corrected chi connectivity index (χ3v) is 10.7. The molecule has 0 bridgehead atoms. The van der Waals surface area contributed by atoms with E-state index in [1.165, 1.54) is 50.8 Å². The Bertz CT molecular complexity index is 2480. The van der Waals surface area contributed by atoms with Crippen molar-refractivity contribution < 1.29 is 43.2 Å². The molecule has 0 spiro atoms. The van der Waals surface area contributed by atoms with Gasteiger partial charge in [0.2, 0.25) is 35.4 Å². The number of nitro benzene ring substituents is 1. The van der Waals surface area contributed by atoms with Crippen LogP contribution in [0.5, 0.6) is 0 Å². The average molecular weight is 931 g/mol. The van der Waals surface area contributed by atoms with Crippen molar-refractivity contribution in [3.8, 4) is 0 Å². The predicted octanol–water partition coefficient (Wildman–Crippen LogP) is 0.892. The van der Waals surface area contributed by atoms with Crippen molar-refractivity contribution in [1.82, 2.24) is 41.9 Å². The van der Waals surface area contributed by atoms with E-state index in [4.69, 9.17) is 10.5 Å². The number of nitrogens with zero attached hydrogens (tertiary/aromatic N) is 2. The van der Waals surface area contributed by atoms with Crippen LogP contribution in [-0.4, -0.2) is 106 Å². The molecule has 0 saturated carbocycles. The van der Waals surface area contributed by atoms with Gasteiger partial charge in [0.25, 0.3) is 5.69 Å². The first-order valence-corrected chi connectivity index (χ1v) is 21.6. The number of nitrogens with one attached hydrogen (secondary N) is 7. The van der Waals surface area contributed by atoms with Gasteiger partial charge in [-0.2, -0.15) is 0 Å². The summed E-state index contributed by atoms with van der Waals surface area (Å²) in [4.78, 5) is 113. The summed E-state index contributed by atoms with van der Waals surface area (Å²) < 4.78 is 4.91. The lowest BCUT2D eigenvalue weighted by atomic mass is 10.0. The summed E-state index contributed by atoms with van der Waals surface area (Å²) in [5, 5.41) is 27.1. The molecule has 20 nitrogen and oxygen atoms in total. The second-order valence-electron chi connectivity index (χ2n) is 15.9. The van der Waals surface area contributed by atoms with Crippen molar-refractivity contribution in [2.75, 3.05) is 13.7 Å². The maximum absolute atomic E-state index is 14.4. The van der Waals surface area contributed by atoms with Gasteiger partial charge in [0.05, 0.1) is 30.9 Å². The fourth-order valence-corrected chi connectivity index (χ4v) is 6.99. The van der Waals surface area contributed by atoms with Crippen LogP contribution in [0.4, 0.5) is 5.69 Å². The van der Waals surface area contributed by atoms with Gasteiger partial charge in [-0.15, -0.1) is 0 Å². The zero-order chi connectivity index (χ0) is 49.0. The van der Waals surface area contributed by atoms with Crippen LogP contribution in [-0.2, 0) is 70.4 Å². The molecule has 6 atom stereocenters. The molecule has 68 heavy (non-hydrogen) atoms. The number of hydrogen-bond acceptors (Lipinski definition) is 12. The van der Waals surface area contributed by atoms with Crippen molar-refractivity contribution in [2.45, 2.75) is 75.3 Å².